The number of aromatic nitrogens is 4. The number of Topliss-reactive ketones (excluding diaryl/α,β-unsaturated/α-hetero) is 1. The first-order valence-corrected chi connectivity index (χ1v) is 8.13. The number of H-pyrrole nitrogens is 1. The number of rotatable bonds is 7. The number of aromatic amines is 1. The fourth-order valence-electron chi connectivity index (χ4n) is 2.92. The van der Waals surface area contributed by atoms with Crippen LogP contribution in [-0.2, 0) is 17.8 Å². The zero-order valence-electron chi connectivity index (χ0n) is 14.9. The van der Waals surface area contributed by atoms with E-state index in [1.807, 2.05) is 33.8 Å². The number of carbonyl (C=O) groups excluding carboxylic acids is 2. The molecule has 0 saturated heterocycles. The minimum Gasteiger partial charge on any atom is -0.353 e. The summed E-state index contributed by atoms with van der Waals surface area (Å²) in [5.41, 5.74) is 4.12. The highest BCUT2D eigenvalue weighted by Gasteiger charge is 2.16. The fourth-order valence-corrected chi connectivity index (χ4v) is 2.92. The van der Waals surface area contributed by atoms with Gasteiger partial charge in [-0.05, 0) is 40.7 Å². The van der Waals surface area contributed by atoms with Crippen molar-refractivity contribution in [3.63, 3.8) is 0 Å². The summed E-state index contributed by atoms with van der Waals surface area (Å²) >= 11 is 0. The second kappa shape index (κ2) is 7.42. The van der Waals surface area contributed by atoms with Crippen LogP contribution in [0.15, 0.2) is 6.07 Å². The van der Waals surface area contributed by atoms with Gasteiger partial charge in [0.2, 0.25) is 5.91 Å². The van der Waals surface area contributed by atoms with E-state index in [4.69, 9.17) is 0 Å². The van der Waals surface area contributed by atoms with Gasteiger partial charge in [0.1, 0.15) is 0 Å². The van der Waals surface area contributed by atoms with Gasteiger partial charge in [-0.25, -0.2) is 0 Å². The lowest BCUT2D eigenvalue weighted by molar-refractivity contribution is -0.121. The highest BCUT2D eigenvalue weighted by atomic mass is 16.1. The summed E-state index contributed by atoms with van der Waals surface area (Å²) in [6.45, 7) is 9.57. The van der Waals surface area contributed by atoms with Gasteiger partial charge in [0.05, 0.1) is 17.0 Å². The summed E-state index contributed by atoms with van der Waals surface area (Å²) < 4.78 is 1.73. The van der Waals surface area contributed by atoms with Crippen molar-refractivity contribution >= 4 is 11.7 Å². The Balaban J connectivity index is 1.87. The molecule has 2 aromatic heterocycles. The van der Waals surface area contributed by atoms with Crippen LogP contribution in [0.5, 0.6) is 0 Å². The zero-order chi connectivity index (χ0) is 17.9. The number of nitrogens with one attached hydrogen (secondary N) is 2. The van der Waals surface area contributed by atoms with Gasteiger partial charge < -0.3 is 5.32 Å². The highest BCUT2D eigenvalue weighted by molar-refractivity contribution is 5.96. The van der Waals surface area contributed by atoms with Crippen LogP contribution >= 0.6 is 0 Å². The smallest absolute Gasteiger partial charge is 0.222 e. The molecule has 0 saturated carbocycles. The molecule has 0 bridgehead atoms. The minimum atomic E-state index is -0.0355. The SMILES string of the molecule is CC(=O)c1c(C)nn(CCC(=O)NC(C)Cc2cc(C)[nH]n2)c1C. The molecule has 0 radical (unpaired) electrons. The molecule has 7 heteroatoms. The Hall–Kier alpha value is -2.44. The standard InChI is InChI=1S/C17H25N5O2/c1-10(8-15-9-11(2)19-20-15)18-16(24)6-7-22-13(4)17(14(5)23)12(3)21-22/h9-10H,6-8H2,1-5H3,(H,18,24)(H,19,20). The Morgan fingerprint density at radius 1 is 1.33 bits per heavy atom. The maximum atomic E-state index is 12.1. The van der Waals surface area contributed by atoms with Crippen molar-refractivity contribution < 1.29 is 9.59 Å². The average Bonchev–Trinajstić information content (AvgIpc) is 2.99. The van der Waals surface area contributed by atoms with Gasteiger partial charge in [-0.1, -0.05) is 0 Å². The molecule has 1 amide bonds. The van der Waals surface area contributed by atoms with Crippen molar-refractivity contribution in [1.82, 2.24) is 25.3 Å². The lowest BCUT2D eigenvalue weighted by Gasteiger charge is -2.13. The van der Waals surface area contributed by atoms with Crippen LogP contribution in [0.3, 0.4) is 0 Å². The zero-order valence-corrected chi connectivity index (χ0v) is 14.9. The average molecular weight is 331 g/mol. The van der Waals surface area contributed by atoms with Crippen LogP contribution in [0.4, 0.5) is 0 Å². The Labute approximate surface area is 141 Å². The van der Waals surface area contributed by atoms with E-state index >= 15 is 0 Å². The Bertz CT molecular complexity index is 744. The van der Waals surface area contributed by atoms with Crippen LogP contribution in [-0.4, -0.2) is 37.7 Å². The van der Waals surface area contributed by atoms with Crippen molar-refractivity contribution in [2.45, 2.75) is 60.0 Å². The summed E-state index contributed by atoms with van der Waals surface area (Å²) in [6.07, 6.45) is 1.01. The second-order valence-electron chi connectivity index (χ2n) is 6.29. The predicted octanol–water partition coefficient (Wildman–Crippen LogP) is 1.87. The lowest BCUT2D eigenvalue weighted by atomic mass is 10.1. The molecule has 2 N–H and O–H groups in total. The van der Waals surface area contributed by atoms with E-state index in [1.54, 1.807) is 4.68 Å². The van der Waals surface area contributed by atoms with Crippen LogP contribution in [0.1, 0.15) is 53.4 Å². The van der Waals surface area contributed by atoms with Gasteiger partial charge in [-0.15, -0.1) is 0 Å². The largest absolute Gasteiger partial charge is 0.353 e. The number of carbonyl (C=O) groups is 2. The van der Waals surface area contributed by atoms with Gasteiger partial charge in [0.15, 0.2) is 5.78 Å². The normalized spacial score (nSPS) is 12.2. The third-order valence-electron chi connectivity index (χ3n) is 3.97. The molecule has 1 unspecified atom stereocenters. The third kappa shape index (κ3) is 4.31. The highest BCUT2D eigenvalue weighted by Crippen LogP contribution is 2.14. The van der Waals surface area contributed by atoms with Gasteiger partial charge in [-0.3, -0.25) is 19.4 Å². The summed E-state index contributed by atoms with van der Waals surface area (Å²) in [6, 6.07) is 1.98. The molecule has 0 aliphatic rings. The number of aryl methyl sites for hydroxylation is 3. The molecule has 1 atom stereocenters. The van der Waals surface area contributed by atoms with Gasteiger partial charge in [-0.2, -0.15) is 10.2 Å². The molecule has 2 aromatic rings. The molecular formula is C17H25N5O2. The number of hydrogen-bond acceptors (Lipinski definition) is 4. The molecule has 130 valence electrons. The van der Waals surface area contributed by atoms with Gasteiger partial charge in [0, 0.05) is 36.8 Å². The number of nitrogens with zero attached hydrogens (tertiary/aromatic N) is 3. The van der Waals surface area contributed by atoms with E-state index in [-0.39, 0.29) is 17.7 Å². The van der Waals surface area contributed by atoms with Crippen molar-refractivity contribution in [3.05, 3.63) is 34.4 Å². The predicted molar refractivity (Wildman–Crippen MR) is 91.0 cm³/mol. The van der Waals surface area contributed by atoms with Crippen LogP contribution in [0.2, 0.25) is 0 Å². The van der Waals surface area contributed by atoms with E-state index < -0.39 is 0 Å². The molecular weight excluding hydrogens is 306 g/mol. The first kappa shape index (κ1) is 17.9. The fraction of sp³-hybridized carbons (Fsp3) is 0.529. The Morgan fingerprint density at radius 2 is 2.04 bits per heavy atom. The Morgan fingerprint density at radius 3 is 2.58 bits per heavy atom. The molecule has 0 aromatic carbocycles. The molecule has 2 heterocycles. The Kier molecular flexibility index (Phi) is 5.54. The maximum absolute atomic E-state index is 12.1. The van der Waals surface area contributed by atoms with Crippen molar-refractivity contribution in [3.8, 4) is 0 Å². The molecule has 0 fully saturated rings. The second-order valence-corrected chi connectivity index (χ2v) is 6.29. The summed E-state index contributed by atoms with van der Waals surface area (Å²) in [4.78, 5) is 23.7. The van der Waals surface area contributed by atoms with E-state index in [2.05, 4.69) is 20.6 Å². The molecule has 2 rings (SSSR count). The van der Waals surface area contributed by atoms with E-state index in [0.717, 1.165) is 17.1 Å². The van der Waals surface area contributed by atoms with Gasteiger partial charge >= 0.3 is 0 Å². The van der Waals surface area contributed by atoms with E-state index in [1.165, 1.54) is 6.92 Å². The number of hydrogen-bond donors (Lipinski definition) is 2. The maximum Gasteiger partial charge on any atom is 0.222 e. The minimum absolute atomic E-state index is 0.00335. The monoisotopic (exact) mass is 331 g/mol. The molecule has 0 aliphatic carbocycles. The topological polar surface area (TPSA) is 92.7 Å². The van der Waals surface area contributed by atoms with E-state index in [9.17, 15) is 9.59 Å². The first-order chi connectivity index (χ1) is 11.3. The first-order valence-electron chi connectivity index (χ1n) is 8.13. The quantitative estimate of drug-likeness (QED) is 0.758. The van der Waals surface area contributed by atoms with Crippen LogP contribution < -0.4 is 5.32 Å². The summed E-state index contributed by atoms with van der Waals surface area (Å²) in [5.74, 6) is -0.0321. The van der Waals surface area contributed by atoms with E-state index in [0.29, 0.717) is 30.6 Å². The summed E-state index contributed by atoms with van der Waals surface area (Å²) in [5, 5.41) is 14.4. The number of amides is 1. The van der Waals surface area contributed by atoms with Crippen LogP contribution in [0.25, 0.3) is 0 Å². The van der Waals surface area contributed by atoms with Gasteiger partial charge in [0.25, 0.3) is 0 Å². The molecule has 7 nitrogen and oxygen atoms in total. The number of ketones is 1. The van der Waals surface area contributed by atoms with Crippen molar-refractivity contribution in [2.75, 3.05) is 0 Å². The van der Waals surface area contributed by atoms with Crippen molar-refractivity contribution in [2.24, 2.45) is 0 Å². The molecule has 0 aliphatic heterocycles. The third-order valence-corrected chi connectivity index (χ3v) is 3.97. The van der Waals surface area contributed by atoms with Crippen LogP contribution in [0, 0.1) is 20.8 Å². The summed E-state index contributed by atoms with van der Waals surface area (Å²) in [7, 11) is 0. The van der Waals surface area contributed by atoms with Crippen molar-refractivity contribution in [1.29, 1.82) is 0 Å². The molecule has 0 spiro atoms. The molecule has 24 heavy (non-hydrogen) atoms. The lowest BCUT2D eigenvalue weighted by Crippen LogP contribution is -2.34.